The minimum Gasteiger partial charge on any atom is -0.388 e. The van der Waals surface area contributed by atoms with Crippen LogP contribution in [0.15, 0.2) is 43.6 Å². The molecule has 132 valence electrons. The van der Waals surface area contributed by atoms with Crippen LogP contribution in [-0.4, -0.2) is 26.7 Å². The minimum atomic E-state index is 0.480. The van der Waals surface area contributed by atoms with E-state index in [0.717, 1.165) is 62.1 Å². The first-order valence-corrected chi connectivity index (χ1v) is 8.81. The summed E-state index contributed by atoms with van der Waals surface area (Å²) in [5, 5.41) is 6.72. The van der Waals surface area contributed by atoms with Crippen LogP contribution in [-0.2, 0) is 6.42 Å². The minimum absolute atomic E-state index is 0.480. The lowest BCUT2D eigenvalue weighted by atomic mass is 9.96. The summed E-state index contributed by atoms with van der Waals surface area (Å²) in [7, 11) is 1.99. The average molecular weight is 328 g/mol. The molecule has 0 aromatic heterocycles. The third kappa shape index (κ3) is 6.73. The van der Waals surface area contributed by atoms with Crippen LogP contribution in [0, 0.1) is 5.92 Å². The van der Waals surface area contributed by atoms with Gasteiger partial charge in [-0.3, -0.25) is 0 Å². The predicted molar refractivity (Wildman–Crippen MR) is 108 cm³/mol. The Hall–Kier alpha value is -1.84. The summed E-state index contributed by atoms with van der Waals surface area (Å²) in [5.74, 6) is 0.480. The van der Waals surface area contributed by atoms with Crippen LogP contribution in [0.3, 0.4) is 0 Å². The second kappa shape index (κ2) is 11.7. The zero-order chi connectivity index (χ0) is 17.8. The van der Waals surface area contributed by atoms with Crippen LogP contribution in [0.25, 0.3) is 12.2 Å². The van der Waals surface area contributed by atoms with Crippen molar-refractivity contribution in [3.05, 3.63) is 60.3 Å². The molecule has 0 aliphatic rings. The number of nitrogens with two attached hydrogens (primary N) is 1. The molecule has 0 bridgehead atoms. The first kappa shape index (κ1) is 20.2. The van der Waals surface area contributed by atoms with Gasteiger partial charge in [0.1, 0.15) is 0 Å². The Morgan fingerprint density at radius 2 is 1.92 bits per heavy atom. The van der Waals surface area contributed by atoms with Crippen molar-refractivity contribution < 1.29 is 0 Å². The van der Waals surface area contributed by atoms with Gasteiger partial charge in [-0.05, 0) is 68.4 Å². The van der Waals surface area contributed by atoms with Crippen LogP contribution < -0.4 is 16.4 Å². The highest BCUT2D eigenvalue weighted by molar-refractivity contribution is 5.64. The second-order valence-corrected chi connectivity index (χ2v) is 6.09. The van der Waals surface area contributed by atoms with Gasteiger partial charge >= 0.3 is 0 Å². The maximum atomic E-state index is 5.65. The monoisotopic (exact) mass is 327 g/mol. The molecule has 0 heterocycles. The Morgan fingerprint density at radius 1 is 1.17 bits per heavy atom. The summed E-state index contributed by atoms with van der Waals surface area (Å²) in [6.07, 6.45) is 7.95. The van der Waals surface area contributed by atoms with Gasteiger partial charge in [-0.2, -0.15) is 0 Å². The maximum absolute atomic E-state index is 5.65. The van der Waals surface area contributed by atoms with Crippen molar-refractivity contribution in [3.63, 3.8) is 0 Å². The molecule has 0 saturated carbocycles. The molecule has 0 spiro atoms. The van der Waals surface area contributed by atoms with Crippen molar-refractivity contribution in [2.45, 2.75) is 25.7 Å². The normalized spacial score (nSPS) is 11.8. The molecule has 0 fully saturated rings. The molecule has 3 nitrogen and oxygen atoms in total. The third-order valence-corrected chi connectivity index (χ3v) is 4.35. The molecule has 0 saturated heterocycles. The van der Waals surface area contributed by atoms with E-state index >= 15 is 0 Å². The molecule has 0 aliphatic heterocycles. The number of rotatable bonds is 13. The standard InChI is InChI=1S/C21H33N3/c1-5-19-10-9-18(16-20(19)6-2)11-15-24-17(3)21(8-7-13-22)12-14-23-4/h5-6,9-10,16,21,23-24H,1-3,7-8,11-15,22H2,4H3. The van der Waals surface area contributed by atoms with Gasteiger partial charge in [-0.25, -0.2) is 0 Å². The molecule has 1 aromatic rings. The summed E-state index contributed by atoms with van der Waals surface area (Å²) < 4.78 is 0. The Kier molecular flexibility index (Phi) is 9.81. The van der Waals surface area contributed by atoms with Gasteiger partial charge in [0, 0.05) is 12.2 Å². The molecular weight excluding hydrogens is 294 g/mol. The molecule has 3 heteroatoms. The summed E-state index contributed by atoms with van der Waals surface area (Å²) in [6.45, 7) is 14.6. The lowest BCUT2D eigenvalue weighted by Gasteiger charge is -2.21. The van der Waals surface area contributed by atoms with Crippen LogP contribution in [0.2, 0.25) is 0 Å². The topological polar surface area (TPSA) is 50.1 Å². The fourth-order valence-electron chi connectivity index (χ4n) is 2.83. The molecule has 0 radical (unpaired) electrons. The molecule has 1 rings (SSSR count). The zero-order valence-corrected chi connectivity index (χ0v) is 15.1. The number of nitrogens with one attached hydrogen (secondary N) is 2. The van der Waals surface area contributed by atoms with E-state index in [1.165, 1.54) is 5.56 Å². The average Bonchev–Trinajstić information content (AvgIpc) is 2.61. The highest BCUT2D eigenvalue weighted by Crippen LogP contribution is 2.18. The fraction of sp³-hybridized carbons (Fsp3) is 0.429. The van der Waals surface area contributed by atoms with Crippen LogP contribution in [0.5, 0.6) is 0 Å². The lowest BCUT2D eigenvalue weighted by molar-refractivity contribution is 0.465. The van der Waals surface area contributed by atoms with Gasteiger partial charge < -0.3 is 16.4 Å². The molecule has 1 aromatic carbocycles. The third-order valence-electron chi connectivity index (χ3n) is 4.35. The summed E-state index contributed by atoms with van der Waals surface area (Å²) in [4.78, 5) is 0. The number of benzene rings is 1. The van der Waals surface area contributed by atoms with Gasteiger partial charge in [0.05, 0.1) is 0 Å². The Labute approximate surface area is 147 Å². The molecule has 1 atom stereocenters. The largest absolute Gasteiger partial charge is 0.388 e. The van der Waals surface area contributed by atoms with Gasteiger partial charge in [0.15, 0.2) is 0 Å². The van der Waals surface area contributed by atoms with Crippen LogP contribution in [0.1, 0.15) is 36.0 Å². The smallest absolute Gasteiger partial charge is 0.0184 e. The quantitative estimate of drug-likeness (QED) is 0.519. The molecule has 24 heavy (non-hydrogen) atoms. The van der Waals surface area contributed by atoms with E-state index in [9.17, 15) is 0 Å². The predicted octanol–water partition coefficient (Wildman–Crippen LogP) is 3.58. The number of allylic oxidation sites excluding steroid dienone is 1. The molecule has 0 amide bonds. The Balaban J connectivity index is 2.53. The van der Waals surface area contributed by atoms with Gasteiger partial charge in [0.25, 0.3) is 0 Å². The second-order valence-electron chi connectivity index (χ2n) is 6.09. The van der Waals surface area contributed by atoms with Crippen molar-refractivity contribution in [1.82, 2.24) is 10.6 Å². The van der Waals surface area contributed by atoms with Crippen LogP contribution >= 0.6 is 0 Å². The van der Waals surface area contributed by atoms with Gasteiger partial charge in [-0.15, -0.1) is 0 Å². The molecule has 4 N–H and O–H groups in total. The van der Waals surface area contributed by atoms with E-state index in [0.29, 0.717) is 5.92 Å². The molecular formula is C21H33N3. The summed E-state index contributed by atoms with van der Waals surface area (Å²) >= 11 is 0. The van der Waals surface area contributed by atoms with Crippen molar-refractivity contribution in [2.75, 3.05) is 26.7 Å². The van der Waals surface area contributed by atoms with E-state index in [1.807, 2.05) is 19.2 Å². The lowest BCUT2D eigenvalue weighted by Crippen LogP contribution is -2.25. The SMILES string of the molecule is C=Cc1ccc(CCNC(=C)C(CCCN)CCNC)cc1C=C. The highest BCUT2D eigenvalue weighted by atomic mass is 14.9. The van der Waals surface area contributed by atoms with E-state index in [4.69, 9.17) is 5.73 Å². The first-order valence-electron chi connectivity index (χ1n) is 8.81. The van der Waals surface area contributed by atoms with Crippen molar-refractivity contribution in [3.8, 4) is 0 Å². The zero-order valence-electron chi connectivity index (χ0n) is 15.1. The van der Waals surface area contributed by atoms with Crippen LogP contribution in [0.4, 0.5) is 0 Å². The maximum Gasteiger partial charge on any atom is 0.0184 e. The first-order chi connectivity index (χ1) is 11.7. The van der Waals surface area contributed by atoms with Crippen molar-refractivity contribution in [2.24, 2.45) is 11.7 Å². The molecule has 1 unspecified atom stereocenters. The Bertz CT molecular complexity index is 526. The summed E-state index contributed by atoms with van der Waals surface area (Å²) in [6, 6.07) is 6.44. The van der Waals surface area contributed by atoms with Crippen molar-refractivity contribution >= 4 is 12.2 Å². The van der Waals surface area contributed by atoms with Gasteiger partial charge in [-0.1, -0.05) is 50.1 Å². The van der Waals surface area contributed by atoms with Gasteiger partial charge in [0.2, 0.25) is 0 Å². The Morgan fingerprint density at radius 3 is 2.54 bits per heavy atom. The van der Waals surface area contributed by atoms with E-state index in [1.54, 1.807) is 0 Å². The molecule has 0 aliphatic carbocycles. The summed E-state index contributed by atoms with van der Waals surface area (Å²) in [5.41, 5.74) is 10.3. The number of hydrogen-bond acceptors (Lipinski definition) is 3. The van der Waals surface area contributed by atoms with Crippen molar-refractivity contribution in [1.29, 1.82) is 0 Å². The fourth-order valence-corrected chi connectivity index (χ4v) is 2.83. The number of hydrogen-bond donors (Lipinski definition) is 3. The van der Waals surface area contributed by atoms with E-state index < -0.39 is 0 Å². The highest BCUT2D eigenvalue weighted by Gasteiger charge is 2.11. The van der Waals surface area contributed by atoms with E-state index in [2.05, 4.69) is 48.6 Å². The van der Waals surface area contributed by atoms with E-state index in [-0.39, 0.29) is 0 Å².